The first-order valence-corrected chi connectivity index (χ1v) is 9.24. The molecule has 9 heteroatoms. The number of methoxy groups -OCH3 is 1. The maximum Gasteiger partial charge on any atom is 0.325 e. The van der Waals surface area contributed by atoms with Crippen molar-refractivity contribution >= 4 is 29.3 Å². The van der Waals surface area contributed by atoms with Gasteiger partial charge in [0, 0.05) is 11.8 Å². The molecule has 0 aliphatic carbocycles. The Hall–Kier alpha value is -3.88. The first kappa shape index (κ1) is 20.8. The van der Waals surface area contributed by atoms with Crippen LogP contribution in [0.1, 0.15) is 22.8 Å². The van der Waals surface area contributed by atoms with Crippen LogP contribution in [0.25, 0.3) is 16.9 Å². The molecule has 156 valence electrons. The van der Waals surface area contributed by atoms with E-state index in [-0.39, 0.29) is 12.1 Å². The zero-order chi connectivity index (χ0) is 21.8. The Morgan fingerprint density at radius 3 is 2.67 bits per heavy atom. The molecular formula is C21H22N4O5. The number of carboxylic acids is 1. The number of benzene rings is 1. The molecule has 3 rings (SSSR count). The molecule has 0 radical (unpaired) electrons. The van der Waals surface area contributed by atoms with Crippen LogP contribution >= 0.6 is 0 Å². The fourth-order valence-corrected chi connectivity index (χ4v) is 2.97. The molecule has 0 aliphatic rings. The first-order valence-electron chi connectivity index (χ1n) is 9.24. The van der Waals surface area contributed by atoms with Gasteiger partial charge < -0.3 is 20.5 Å². The number of ether oxygens (including phenoxy) is 1. The number of fused-ring (bicyclic) bond motifs is 1. The average molecular weight is 410 g/mol. The lowest BCUT2D eigenvalue weighted by Gasteiger charge is -2.11. The highest BCUT2D eigenvalue weighted by Gasteiger charge is 2.22. The van der Waals surface area contributed by atoms with Gasteiger partial charge in [-0.2, -0.15) is 0 Å². The van der Waals surface area contributed by atoms with Crippen LogP contribution in [-0.2, 0) is 14.3 Å². The van der Waals surface area contributed by atoms with E-state index >= 15 is 0 Å². The lowest BCUT2D eigenvalue weighted by Crippen LogP contribution is -2.38. The zero-order valence-electron chi connectivity index (χ0n) is 16.8. The van der Waals surface area contributed by atoms with Gasteiger partial charge in [-0.05, 0) is 32.0 Å². The van der Waals surface area contributed by atoms with Crippen LogP contribution in [0.15, 0.2) is 42.6 Å². The van der Waals surface area contributed by atoms with Crippen molar-refractivity contribution in [3.63, 3.8) is 0 Å². The molecule has 9 nitrogen and oxygen atoms in total. The topological polar surface area (TPSA) is 122 Å². The van der Waals surface area contributed by atoms with E-state index < -0.39 is 23.9 Å². The molecular weight excluding hydrogens is 388 g/mol. The number of rotatable bonds is 7. The number of nitrogens with one attached hydrogen (secondary N) is 2. The molecule has 3 aromatic rings. The summed E-state index contributed by atoms with van der Waals surface area (Å²) in [5, 5.41) is 14.5. The lowest BCUT2D eigenvalue weighted by atomic mass is 10.1. The summed E-state index contributed by atoms with van der Waals surface area (Å²) in [4.78, 5) is 40.1. The lowest BCUT2D eigenvalue weighted by molar-refractivity contribution is -0.139. The summed E-state index contributed by atoms with van der Waals surface area (Å²) < 4.78 is 6.36. The molecule has 0 saturated heterocycles. The summed E-state index contributed by atoms with van der Waals surface area (Å²) in [6, 6.07) is 9.82. The van der Waals surface area contributed by atoms with Gasteiger partial charge in [0.1, 0.15) is 24.1 Å². The van der Waals surface area contributed by atoms with Crippen molar-refractivity contribution < 1.29 is 24.2 Å². The smallest absolute Gasteiger partial charge is 0.325 e. The Kier molecular flexibility index (Phi) is 6.01. The fourth-order valence-electron chi connectivity index (χ4n) is 2.97. The first-order chi connectivity index (χ1) is 14.3. The van der Waals surface area contributed by atoms with E-state index in [1.807, 2.05) is 31.2 Å². The number of imidazole rings is 1. The Morgan fingerprint density at radius 2 is 2.00 bits per heavy atom. The number of aromatic nitrogens is 2. The number of aryl methyl sites for hydroxylation is 1. The number of esters is 1. The highest BCUT2D eigenvalue weighted by Crippen LogP contribution is 2.30. The van der Waals surface area contributed by atoms with Crippen molar-refractivity contribution in [2.45, 2.75) is 19.9 Å². The molecule has 1 aromatic carbocycles. The van der Waals surface area contributed by atoms with E-state index in [0.717, 1.165) is 11.1 Å². The van der Waals surface area contributed by atoms with Gasteiger partial charge in [0.25, 0.3) is 5.91 Å². The van der Waals surface area contributed by atoms with Crippen LogP contribution in [-0.4, -0.2) is 52.0 Å². The van der Waals surface area contributed by atoms with Crippen molar-refractivity contribution in [3.8, 4) is 11.3 Å². The van der Waals surface area contributed by atoms with E-state index in [1.54, 1.807) is 22.7 Å². The van der Waals surface area contributed by atoms with Gasteiger partial charge in [-0.25, -0.2) is 4.98 Å². The van der Waals surface area contributed by atoms with Crippen molar-refractivity contribution in [2.24, 2.45) is 0 Å². The molecule has 2 aromatic heterocycles. The maximum atomic E-state index is 12.7. The summed E-state index contributed by atoms with van der Waals surface area (Å²) in [6.45, 7) is 3.25. The Labute approximate surface area is 172 Å². The van der Waals surface area contributed by atoms with Gasteiger partial charge in [-0.3, -0.25) is 18.8 Å². The van der Waals surface area contributed by atoms with Crippen molar-refractivity contribution in [1.82, 2.24) is 14.7 Å². The van der Waals surface area contributed by atoms with Gasteiger partial charge in [-0.15, -0.1) is 0 Å². The monoisotopic (exact) mass is 410 g/mol. The van der Waals surface area contributed by atoms with E-state index in [0.29, 0.717) is 17.2 Å². The van der Waals surface area contributed by atoms with Crippen LogP contribution in [0.3, 0.4) is 0 Å². The Morgan fingerprint density at radius 1 is 1.23 bits per heavy atom. The second-order valence-electron chi connectivity index (χ2n) is 6.76. The van der Waals surface area contributed by atoms with Gasteiger partial charge in [0.15, 0.2) is 5.65 Å². The number of carboxylic acid groups (broad SMARTS) is 1. The summed E-state index contributed by atoms with van der Waals surface area (Å²) in [5.41, 5.74) is 2.92. The summed E-state index contributed by atoms with van der Waals surface area (Å²) in [7, 11) is 1.30. The number of anilines is 1. The van der Waals surface area contributed by atoms with E-state index in [2.05, 4.69) is 15.6 Å². The van der Waals surface area contributed by atoms with Gasteiger partial charge in [-0.1, -0.05) is 23.8 Å². The quantitative estimate of drug-likeness (QED) is 0.510. The summed E-state index contributed by atoms with van der Waals surface area (Å²) >= 11 is 0. The molecule has 1 unspecified atom stereocenters. The summed E-state index contributed by atoms with van der Waals surface area (Å²) in [5.74, 6) is -1.64. The van der Waals surface area contributed by atoms with Crippen LogP contribution in [0.5, 0.6) is 0 Å². The molecule has 0 spiro atoms. The second-order valence-corrected chi connectivity index (χ2v) is 6.76. The van der Waals surface area contributed by atoms with Crippen LogP contribution in [0.2, 0.25) is 0 Å². The minimum absolute atomic E-state index is 0.0877. The normalized spacial score (nSPS) is 11.7. The number of nitrogens with zero attached hydrogens (tertiary/aromatic N) is 2. The predicted molar refractivity (Wildman–Crippen MR) is 110 cm³/mol. The molecule has 2 heterocycles. The van der Waals surface area contributed by atoms with E-state index in [1.165, 1.54) is 14.0 Å². The molecule has 1 atom stereocenters. The standard InChI is InChI=1S/C21H22N4O5/c1-12-6-4-7-14(10-12)17-19(22-11-16(26)30-3)25-9-5-8-15(18(25)24-17)20(27)23-13(2)21(28)29/h4-10,13,22H,11H2,1-3H3,(H,23,27)(H,28,29). The minimum atomic E-state index is -1.14. The molecule has 1 amide bonds. The maximum absolute atomic E-state index is 12.7. The van der Waals surface area contributed by atoms with E-state index in [4.69, 9.17) is 9.84 Å². The third-order valence-electron chi connectivity index (χ3n) is 4.53. The number of aliphatic carboxylic acids is 1. The van der Waals surface area contributed by atoms with Gasteiger partial charge in [0.2, 0.25) is 0 Å². The fraction of sp³-hybridized carbons (Fsp3) is 0.238. The number of carbonyl (C=O) groups is 3. The molecule has 0 fully saturated rings. The zero-order valence-corrected chi connectivity index (χ0v) is 16.8. The minimum Gasteiger partial charge on any atom is -0.480 e. The SMILES string of the molecule is COC(=O)CNc1c(-c2cccc(C)c2)nc2c(C(=O)NC(C)C(=O)O)cccn12. The van der Waals surface area contributed by atoms with Crippen molar-refractivity contribution in [1.29, 1.82) is 0 Å². The molecule has 3 N–H and O–H groups in total. The predicted octanol–water partition coefficient (Wildman–Crippen LogP) is 2.10. The number of hydrogen-bond acceptors (Lipinski definition) is 6. The van der Waals surface area contributed by atoms with Crippen molar-refractivity contribution in [2.75, 3.05) is 19.0 Å². The second kappa shape index (κ2) is 8.64. The van der Waals surface area contributed by atoms with Crippen LogP contribution in [0, 0.1) is 6.92 Å². The Balaban J connectivity index is 2.13. The highest BCUT2D eigenvalue weighted by atomic mass is 16.5. The van der Waals surface area contributed by atoms with Crippen LogP contribution < -0.4 is 10.6 Å². The highest BCUT2D eigenvalue weighted by molar-refractivity contribution is 6.02. The number of hydrogen-bond donors (Lipinski definition) is 3. The number of amides is 1. The van der Waals surface area contributed by atoms with Gasteiger partial charge >= 0.3 is 11.9 Å². The number of pyridine rings is 1. The molecule has 0 bridgehead atoms. The summed E-state index contributed by atoms with van der Waals surface area (Å²) in [6.07, 6.45) is 1.71. The Bertz CT molecular complexity index is 1120. The van der Waals surface area contributed by atoms with E-state index in [9.17, 15) is 14.4 Å². The molecule has 0 saturated carbocycles. The molecule has 30 heavy (non-hydrogen) atoms. The number of carbonyl (C=O) groups excluding carboxylic acids is 2. The average Bonchev–Trinajstić information content (AvgIpc) is 3.10. The van der Waals surface area contributed by atoms with Crippen molar-refractivity contribution in [3.05, 3.63) is 53.7 Å². The third kappa shape index (κ3) is 4.24. The largest absolute Gasteiger partial charge is 0.480 e. The third-order valence-corrected chi connectivity index (χ3v) is 4.53. The molecule has 0 aliphatic heterocycles. The van der Waals surface area contributed by atoms with Crippen LogP contribution in [0.4, 0.5) is 5.82 Å². The van der Waals surface area contributed by atoms with Gasteiger partial charge in [0.05, 0.1) is 12.7 Å².